The number of hydrogen-bond donors (Lipinski definition) is 2. The third-order valence-corrected chi connectivity index (χ3v) is 3.26. The zero-order valence-electron chi connectivity index (χ0n) is 12.9. The lowest BCUT2D eigenvalue weighted by atomic mass is 10.2. The summed E-state index contributed by atoms with van der Waals surface area (Å²) in [7, 11) is 0. The van der Waals surface area contributed by atoms with Gasteiger partial charge in [0.1, 0.15) is 0 Å². The van der Waals surface area contributed by atoms with Crippen molar-refractivity contribution < 1.29 is 19.2 Å². The van der Waals surface area contributed by atoms with Gasteiger partial charge in [0.15, 0.2) is 12.4 Å². The first-order valence-corrected chi connectivity index (χ1v) is 7.52. The first-order valence-electron chi connectivity index (χ1n) is 7.14. The van der Waals surface area contributed by atoms with Crippen LogP contribution in [0.1, 0.15) is 5.56 Å². The van der Waals surface area contributed by atoms with E-state index in [1.807, 2.05) is 30.3 Å². The summed E-state index contributed by atoms with van der Waals surface area (Å²) in [6.07, 6.45) is 0. The van der Waals surface area contributed by atoms with Gasteiger partial charge in [-0.25, -0.2) is 4.79 Å². The molecule has 0 heterocycles. The number of nitro benzene ring substituents is 1. The standard InChI is InChI=1S/C16H14ClN3O5/c17-12-6-7-14(13(8-12)20(23)24)25-10-15(21)19-16(22)18-9-11-4-2-1-3-5-11/h1-8H,9-10H2,(H2,18,19,21,22). The summed E-state index contributed by atoms with van der Waals surface area (Å²) >= 11 is 5.69. The van der Waals surface area contributed by atoms with Crippen LogP contribution in [0.4, 0.5) is 10.5 Å². The fraction of sp³-hybridized carbons (Fsp3) is 0.125. The van der Waals surface area contributed by atoms with Crippen molar-refractivity contribution in [1.82, 2.24) is 10.6 Å². The molecule has 0 aliphatic carbocycles. The lowest BCUT2D eigenvalue weighted by Gasteiger charge is -2.08. The van der Waals surface area contributed by atoms with E-state index in [4.69, 9.17) is 16.3 Å². The first-order chi connectivity index (χ1) is 12.0. The van der Waals surface area contributed by atoms with Crippen molar-refractivity contribution in [3.05, 3.63) is 69.2 Å². The SMILES string of the molecule is O=C(COc1ccc(Cl)cc1[N+](=O)[O-])NC(=O)NCc1ccccc1. The molecule has 0 aromatic heterocycles. The van der Waals surface area contributed by atoms with E-state index in [9.17, 15) is 19.7 Å². The number of amides is 3. The second-order valence-corrected chi connectivity index (χ2v) is 5.31. The highest BCUT2D eigenvalue weighted by Crippen LogP contribution is 2.29. The van der Waals surface area contributed by atoms with Crippen LogP contribution in [0.15, 0.2) is 48.5 Å². The highest BCUT2D eigenvalue weighted by Gasteiger charge is 2.17. The Hall–Kier alpha value is -3.13. The van der Waals surface area contributed by atoms with Crippen LogP contribution in [-0.4, -0.2) is 23.5 Å². The molecular weight excluding hydrogens is 350 g/mol. The van der Waals surface area contributed by atoms with E-state index in [1.165, 1.54) is 12.1 Å². The molecule has 0 spiro atoms. The van der Waals surface area contributed by atoms with Crippen LogP contribution in [0.5, 0.6) is 5.75 Å². The van der Waals surface area contributed by atoms with Crippen molar-refractivity contribution in [1.29, 1.82) is 0 Å². The van der Waals surface area contributed by atoms with E-state index >= 15 is 0 Å². The van der Waals surface area contributed by atoms with Crippen LogP contribution in [-0.2, 0) is 11.3 Å². The Labute approximate surface area is 147 Å². The Kier molecular flexibility index (Phi) is 6.30. The summed E-state index contributed by atoms with van der Waals surface area (Å²) in [5, 5.41) is 15.7. The molecule has 3 amide bonds. The van der Waals surface area contributed by atoms with Gasteiger partial charge in [0.25, 0.3) is 5.91 Å². The minimum Gasteiger partial charge on any atom is -0.477 e. The molecule has 0 aliphatic heterocycles. The maximum Gasteiger partial charge on any atom is 0.321 e. The third-order valence-electron chi connectivity index (χ3n) is 3.03. The molecule has 2 N–H and O–H groups in total. The zero-order valence-corrected chi connectivity index (χ0v) is 13.7. The van der Waals surface area contributed by atoms with E-state index < -0.39 is 23.5 Å². The maximum atomic E-state index is 11.7. The average Bonchev–Trinajstić information content (AvgIpc) is 2.59. The van der Waals surface area contributed by atoms with E-state index in [2.05, 4.69) is 10.6 Å². The van der Waals surface area contributed by atoms with Gasteiger partial charge in [-0.15, -0.1) is 0 Å². The molecule has 0 saturated heterocycles. The van der Waals surface area contributed by atoms with Crippen molar-refractivity contribution in [2.24, 2.45) is 0 Å². The number of carbonyl (C=O) groups excluding carboxylic acids is 2. The van der Waals surface area contributed by atoms with Gasteiger partial charge in [0, 0.05) is 17.6 Å². The van der Waals surface area contributed by atoms with Gasteiger partial charge >= 0.3 is 11.7 Å². The number of nitro groups is 1. The Morgan fingerprint density at radius 2 is 1.88 bits per heavy atom. The predicted molar refractivity (Wildman–Crippen MR) is 90.4 cm³/mol. The van der Waals surface area contributed by atoms with Crippen LogP contribution in [0, 0.1) is 10.1 Å². The molecule has 2 aromatic carbocycles. The molecule has 2 rings (SSSR count). The fourth-order valence-corrected chi connectivity index (χ4v) is 2.05. The summed E-state index contributed by atoms with van der Waals surface area (Å²) in [6.45, 7) is -0.301. The number of urea groups is 1. The fourth-order valence-electron chi connectivity index (χ4n) is 1.88. The van der Waals surface area contributed by atoms with Gasteiger partial charge in [-0.05, 0) is 17.7 Å². The Bertz CT molecular complexity index is 783. The summed E-state index contributed by atoms with van der Waals surface area (Å²) in [6, 6.07) is 12.2. The van der Waals surface area contributed by atoms with Crippen LogP contribution < -0.4 is 15.4 Å². The van der Waals surface area contributed by atoms with Gasteiger partial charge in [-0.2, -0.15) is 0 Å². The molecule has 25 heavy (non-hydrogen) atoms. The van der Waals surface area contributed by atoms with Gasteiger partial charge in [-0.1, -0.05) is 41.9 Å². The van der Waals surface area contributed by atoms with E-state index in [0.717, 1.165) is 11.6 Å². The number of hydrogen-bond acceptors (Lipinski definition) is 5. The van der Waals surface area contributed by atoms with Crippen LogP contribution in [0.3, 0.4) is 0 Å². The highest BCUT2D eigenvalue weighted by molar-refractivity contribution is 6.30. The molecule has 0 aliphatic rings. The van der Waals surface area contributed by atoms with Crippen LogP contribution in [0.2, 0.25) is 5.02 Å². The van der Waals surface area contributed by atoms with Gasteiger partial charge in [0.05, 0.1) is 4.92 Å². The highest BCUT2D eigenvalue weighted by atomic mass is 35.5. The molecule has 2 aromatic rings. The van der Waals surface area contributed by atoms with E-state index in [0.29, 0.717) is 0 Å². The number of carbonyl (C=O) groups is 2. The number of ether oxygens (including phenoxy) is 1. The van der Waals surface area contributed by atoms with Gasteiger partial charge in [-0.3, -0.25) is 20.2 Å². The largest absolute Gasteiger partial charge is 0.477 e. The predicted octanol–water partition coefficient (Wildman–Crippen LogP) is 2.65. The smallest absolute Gasteiger partial charge is 0.321 e. The summed E-state index contributed by atoms with van der Waals surface area (Å²) in [4.78, 5) is 33.6. The van der Waals surface area contributed by atoms with Crippen molar-refractivity contribution in [2.75, 3.05) is 6.61 Å². The molecule has 0 unspecified atom stereocenters. The number of nitrogens with zero attached hydrogens (tertiary/aromatic N) is 1. The van der Waals surface area contributed by atoms with Crippen molar-refractivity contribution in [3.63, 3.8) is 0 Å². The molecule has 0 radical (unpaired) electrons. The van der Waals surface area contributed by atoms with E-state index in [1.54, 1.807) is 0 Å². The topological polar surface area (TPSA) is 111 Å². The van der Waals surface area contributed by atoms with Crippen LogP contribution >= 0.6 is 11.6 Å². The molecule has 0 atom stereocenters. The first kappa shape index (κ1) is 18.2. The Morgan fingerprint density at radius 3 is 2.56 bits per heavy atom. The van der Waals surface area contributed by atoms with Crippen molar-refractivity contribution in [2.45, 2.75) is 6.54 Å². The number of imide groups is 1. The van der Waals surface area contributed by atoms with Gasteiger partial charge in [0.2, 0.25) is 0 Å². The van der Waals surface area contributed by atoms with E-state index in [-0.39, 0.29) is 23.0 Å². The van der Waals surface area contributed by atoms with Gasteiger partial charge < -0.3 is 10.1 Å². The maximum absolute atomic E-state index is 11.7. The molecule has 9 heteroatoms. The molecule has 8 nitrogen and oxygen atoms in total. The summed E-state index contributed by atoms with van der Waals surface area (Å²) in [5.41, 5.74) is 0.506. The quantitative estimate of drug-likeness (QED) is 0.605. The van der Waals surface area contributed by atoms with Crippen molar-refractivity contribution in [3.8, 4) is 5.75 Å². The number of halogens is 1. The summed E-state index contributed by atoms with van der Waals surface area (Å²) in [5.74, 6) is -0.857. The minimum atomic E-state index is -0.741. The molecule has 130 valence electrons. The lowest BCUT2D eigenvalue weighted by molar-refractivity contribution is -0.385. The second kappa shape index (κ2) is 8.65. The van der Waals surface area contributed by atoms with Crippen LogP contribution in [0.25, 0.3) is 0 Å². The zero-order chi connectivity index (χ0) is 18.2. The second-order valence-electron chi connectivity index (χ2n) is 4.87. The monoisotopic (exact) mass is 363 g/mol. The van der Waals surface area contributed by atoms with Crippen molar-refractivity contribution >= 4 is 29.2 Å². The summed E-state index contributed by atoms with van der Waals surface area (Å²) < 4.78 is 5.09. The molecule has 0 bridgehead atoms. The molecule has 0 saturated carbocycles. The average molecular weight is 364 g/mol. The molecular formula is C16H14ClN3O5. The minimum absolute atomic E-state index is 0.116. The number of nitrogens with one attached hydrogen (secondary N) is 2. The number of rotatable bonds is 6. The number of benzene rings is 2. The third kappa shape index (κ3) is 5.78. The molecule has 0 fully saturated rings. The lowest BCUT2D eigenvalue weighted by Crippen LogP contribution is -2.41. The Morgan fingerprint density at radius 1 is 1.16 bits per heavy atom. The normalized spacial score (nSPS) is 9.96. The Balaban J connectivity index is 1.82.